The minimum absolute atomic E-state index is 0.0943. The average molecular weight is 382 g/mol. The van der Waals surface area contributed by atoms with Crippen molar-refractivity contribution < 1.29 is 34.7 Å². The van der Waals surface area contributed by atoms with Crippen molar-refractivity contribution in [1.29, 1.82) is 0 Å². The Morgan fingerprint density at radius 3 is 2.74 bits per heavy atom. The summed E-state index contributed by atoms with van der Waals surface area (Å²) in [5.41, 5.74) is 6.98. The van der Waals surface area contributed by atoms with E-state index in [1.807, 2.05) is 0 Å². The lowest BCUT2D eigenvalue weighted by atomic mass is 9.99. The molecule has 6 N–H and O–H groups in total. The van der Waals surface area contributed by atoms with Gasteiger partial charge in [0.2, 0.25) is 6.29 Å². The van der Waals surface area contributed by atoms with Gasteiger partial charge in [-0.2, -0.15) is 9.61 Å². The fourth-order valence-electron chi connectivity index (χ4n) is 2.86. The van der Waals surface area contributed by atoms with Crippen molar-refractivity contribution in [3.05, 3.63) is 18.0 Å². The molecule has 27 heavy (non-hydrogen) atoms. The number of nitrogens with zero attached hydrogens (tertiary/aromatic N) is 3. The highest BCUT2D eigenvalue weighted by molar-refractivity contribution is 5.73. The fourth-order valence-corrected chi connectivity index (χ4v) is 2.86. The van der Waals surface area contributed by atoms with E-state index in [1.165, 1.54) is 10.7 Å². The van der Waals surface area contributed by atoms with Crippen molar-refractivity contribution >= 4 is 17.4 Å². The summed E-state index contributed by atoms with van der Waals surface area (Å²) in [6.45, 7) is 2.05. The zero-order valence-electron chi connectivity index (χ0n) is 14.6. The third-order valence-electron chi connectivity index (χ3n) is 4.36. The largest absolute Gasteiger partial charge is 0.479 e. The Morgan fingerprint density at radius 1 is 1.33 bits per heavy atom. The van der Waals surface area contributed by atoms with Gasteiger partial charge in [-0.3, -0.25) is 0 Å². The van der Waals surface area contributed by atoms with Crippen LogP contribution in [0.5, 0.6) is 5.75 Å². The van der Waals surface area contributed by atoms with Crippen LogP contribution in [0.4, 0.5) is 5.82 Å². The van der Waals surface area contributed by atoms with Gasteiger partial charge in [0.1, 0.15) is 24.1 Å². The van der Waals surface area contributed by atoms with E-state index < -0.39 is 36.7 Å². The van der Waals surface area contributed by atoms with E-state index >= 15 is 0 Å². The number of aromatic nitrogens is 3. The molecule has 0 aromatic carbocycles. The second-order valence-corrected chi connectivity index (χ2v) is 6.37. The number of hydrogen-bond acceptors (Lipinski definition) is 9. The maximum Gasteiger partial charge on any atom is 0.335 e. The summed E-state index contributed by atoms with van der Waals surface area (Å²) in [6.07, 6.45) is -4.63. The SMILES string of the molecule is CCCCc1cc(N)n2ncc(OC3O[C@H](C(=O)O)[C@@H](O)[C@H](O)[C@H]3O)c2n1. The summed E-state index contributed by atoms with van der Waals surface area (Å²) >= 11 is 0. The smallest absolute Gasteiger partial charge is 0.335 e. The molecule has 1 unspecified atom stereocenters. The molecule has 11 nitrogen and oxygen atoms in total. The van der Waals surface area contributed by atoms with Gasteiger partial charge in [-0.15, -0.1) is 0 Å². The molecule has 2 aromatic heterocycles. The fraction of sp³-hybridized carbons (Fsp3) is 0.562. The molecule has 0 amide bonds. The highest BCUT2D eigenvalue weighted by atomic mass is 16.7. The quantitative estimate of drug-likeness (QED) is 0.414. The molecule has 1 aliphatic heterocycles. The molecular formula is C16H22N4O7. The van der Waals surface area contributed by atoms with Crippen molar-refractivity contribution in [3.63, 3.8) is 0 Å². The Hall–Kier alpha value is -2.47. The lowest BCUT2D eigenvalue weighted by Gasteiger charge is -2.38. The number of fused-ring (bicyclic) bond motifs is 1. The van der Waals surface area contributed by atoms with Crippen LogP contribution in [0, 0.1) is 0 Å². The zero-order chi connectivity index (χ0) is 19.7. The molecule has 148 valence electrons. The molecule has 1 saturated heterocycles. The Labute approximate surface area is 154 Å². The van der Waals surface area contributed by atoms with E-state index in [0.717, 1.165) is 18.5 Å². The lowest BCUT2D eigenvalue weighted by Crippen LogP contribution is -2.61. The Morgan fingerprint density at radius 2 is 2.07 bits per heavy atom. The van der Waals surface area contributed by atoms with Gasteiger partial charge in [-0.1, -0.05) is 13.3 Å². The minimum Gasteiger partial charge on any atom is -0.479 e. The number of nitrogen functional groups attached to an aromatic ring is 1. The molecular weight excluding hydrogens is 360 g/mol. The third-order valence-corrected chi connectivity index (χ3v) is 4.36. The second-order valence-electron chi connectivity index (χ2n) is 6.37. The number of carboxylic acids is 1. The highest BCUT2D eigenvalue weighted by Gasteiger charge is 2.48. The van der Waals surface area contributed by atoms with Gasteiger partial charge in [0.15, 0.2) is 17.5 Å². The van der Waals surface area contributed by atoms with Crippen LogP contribution in [0.25, 0.3) is 5.65 Å². The Bertz CT molecular complexity index is 826. The molecule has 3 rings (SSSR count). The molecule has 1 fully saturated rings. The van der Waals surface area contributed by atoms with Crippen LogP contribution in [0.1, 0.15) is 25.5 Å². The number of unbranched alkanes of at least 4 members (excludes halogenated alkanes) is 1. The first-order valence-corrected chi connectivity index (χ1v) is 8.55. The predicted molar refractivity (Wildman–Crippen MR) is 91.0 cm³/mol. The van der Waals surface area contributed by atoms with Gasteiger partial charge in [0.25, 0.3) is 0 Å². The number of aryl methyl sites for hydroxylation is 1. The Balaban J connectivity index is 1.89. The van der Waals surface area contributed by atoms with Gasteiger partial charge in [0.05, 0.1) is 6.20 Å². The van der Waals surface area contributed by atoms with Gasteiger partial charge < -0.3 is 35.6 Å². The summed E-state index contributed by atoms with van der Waals surface area (Å²) in [4.78, 5) is 15.6. The van der Waals surface area contributed by atoms with Gasteiger partial charge in [0, 0.05) is 11.8 Å². The first-order chi connectivity index (χ1) is 12.8. The van der Waals surface area contributed by atoms with Crippen molar-refractivity contribution in [3.8, 4) is 5.75 Å². The number of aliphatic carboxylic acids is 1. The predicted octanol–water partition coefficient (Wildman–Crippen LogP) is -1.07. The van der Waals surface area contributed by atoms with Crippen molar-refractivity contribution in [2.24, 2.45) is 0 Å². The zero-order valence-corrected chi connectivity index (χ0v) is 14.6. The van der Waals surface area contributed by atoms with Gasteiger partial charge in [-0.05, 0) is 12.8 Å². The highest BCUT2D eigenvalue weighted by Crippen LogP contribution is 2.27. The van der Waals surface area contributed by atoms with E-state index in [1.54, 1.807) is 6.07 Å². The molecule has 3 heterocycles. The molecule has 0 radical (unpaired) electrons. The topological polar surface area (TPSA) is 173 Å². The van der Waals surface area contributed by atoms with Gasteiger partial charge in [-0.25, -0.2) is 9.78 Å². The summed E-state index contributed by atoms with van der Waals surface area (Å²) < 4.78 is 12.0. The number of rotatable bonds is 6. The first-order valence-electron chi connectivity index (χ1n) is 8.55. The minimum atomic E-state index is -1.80. The molecule has 5 atom stereocenters. The standard InChI is InChI=1S/C16H22N4O7/c1-2-3-4-7-5-9(17)20-14(19-7)8(6-18-20)26-16-12(23)10(21)11(22)13(27-16)15(24)25/h5-6,10-13,16,21-23H,2-4,17H2,1H3,(H,24,25)/t10-,11-,12+,13-,16?/m0/s1. The Kier molecular flexibility index (Phi) is 5.46. The maximum absolute atomic E-state index is 11.2. The van der Waals surface area contributed by atoms with Crippen LogP contribution in [0.15, 0.2) is 12.3 Å². The molecule has 0 spiro atoms. The van der Waals surface area contributed by atoms with Crippen LogP contribution in [-0.2, 0) is 16.0 Å². The molecule has 0 bridgehead atoms. The summed E-state index contributed by atoms with van der Waals surface area (Å²) in [5.74, 6) is -1.06. The van der Waals surface area contributed by atoms with Gasteiger partial charge >= 0.3 is 5.97 Å². The van der Waals surface area contributed by atoms with Crippen molar-refractivity contribution in [2.75, 3.05) is 5.73 Å². The van der Waals surface area contributed by atoms with Crippen molar-refractivity contribution in [2.45, 2.75) is 56.9 Å². The molecule has 11 heteroatoms. The molecule has 0 aliphatic carbocycles. The lowest BCUT2D eigenvalue weighted by molar-refractivity contribution is -0.270. The number of anilines is 1. The number of ether oxygens (including phenoxy) is 2. The number of carbonyl (C=O) groups is 1. The average Bonchev–Trinajstić information content (AvgIpc) is 3.03. The second kappa shape index (κ2) is 7.64. The number of aliphatic hydroxyl groups excluding tert-OH is 3. The van der Waals surface area contributed by atoms with E-state index in [4.69, 9.17) is 20.3 Å². The number of nitrogens with two attached hydrogens (primary N) is 1. The monoisotopic (exact) mass is 382 g/mol. The van der Waals surface area contributed by atoms with Crippen LogP contribution < -0.4 is 10.5 Å². The van der Waals surface area contributed by atoms with Crippen LogP contribution >= 0.6 is 0 Å². The number of aliphatic hydroxyl groups is 3. The first kappa shape index (κ1) is 19.3. The van der Waals surface area contributed by atoms with Crippen LogP contribution in [0.3, 0.4) is 0 Å². The summed E-state index contributed by atoms with van der Waals surface area (Å²) in [7, 11) is 0. The molecule has 2 aromatic rings. The molecule has 0 saturated carbocycles. The van der Waals surface area contributed by atoms with Crippen molar-refractivity contribution in [1.82, 2.24) is 14.6 Å². The third kappa shape index (κ3) is 3.67. The van der Waals surface area contributed by atoms with E-state index in [0.29, 0.717) is 12.2 Å². The van der Waals surface area contributed by atoms with Crippen LogP contribution in [-0.4, -0.2) is 71.7 Å². The van der Waals surface area contributed by atoms with Crippen LogP contribution in [0.2, 0.25) is 0 Å². The van der Waals surface area contributed by atoms with E-state index in [9.17, 15) is 20.1 Å². The maximum atomic E-state index is 11.2. The number of hydrogen-bond donors (Lipinski definition) is 5. The normalized spacial score (nSPS) is 28.4. The van der Waals surface area contributed by atoms with E-state index in [-0.39, 0.29) is 11.4 Å². The summed E-state index contributed by atoms with van der Waals surface area (Å²) in [6, 6.07) is 1.70. The van der Waals surface area contributed by atoms with E-state index in [2.05, 4.69) is 17.0 Å². The summed E-state index contributed by atoms with van der Waals surface area (Å²) in [5, 5.41) is 42.9. The molecule has 1 aliphatic rings. The number of carboxylic acid groups (broad SMARTS) is 1.